The van der Waals surface area contributed by atoms with Crippen molar-refractivity contribution in [3.8, 4) is 0 Å². The molecule has 2 atom stereocenters. The van der Waals surface area contributed by atoms with Crippen molar-refractivity contribution in [2.75, 3.05) is 18.8 Å². The maximum absolute atomic E-state index is 12.2. The lowest BCUT2D eigenvalue weighted by molar-refractivity contribution is -0.146. The Bertz CT molecular complexity index is 509. The minimum Gasteiger partial charge on any atom is -0.481 e. The summed E-state index contributed by atoms with van der Waals surface area (Å²) in [6, 6.07) is 5.81. The molecule has 120 valence electrons. The van der Waals surface area contributed by atoms with Crippen LogP contribution < -0.4 is 0 Å². The quantitative estimate of drug-likeness (QED) is 0.814. The molecule has 2 unspecified atom stereocenters. The molecule has 1 aliphatic rings. The molecule has 0 aromatic carbocycles. The molecular formula is C16H22N2O3S. The van der Waals surface area contributed by atoms with Gasteiger partial charge in [-0.3, -0.25) is 14.6 Å². The second-order valence-corrected chi connectivity index (χ2v) is 6.90. The van der Waals surface area contributed by atoms with Crippen LogP contribution in [0.4, 0.5) is 0 Å². The maximum atomic E-state index is 12.2. The number of hydrogen-bond donors (Lipinski definition) is 1. The van der Waals surface area contributed by atoms with Crippen molar-refractivity contribution in [1.82, 2.24) is 9.88 Å². The molecule has 0 bridgehead atoms. The first-order chi connectivity index (χ1) is 10.6. The lowest BCUT2D eigenvalue weighted by atomic mass is 9.90. The second-order valence-electron chi connectivity index (χ2n) is 5.80. The highest BCUT2D eigenvalue weighted by Crippen LogP contribution is 2.22. The van der Waals surface area contributed by atoms with E-state index in [4.69, 9.17) is 5.11 Å². The van der Waals surface area contributed by atoms with Crippen LogP contribution in [0.2, 0.25) is 0 Å². The van der Waals surface area contributed by atoms with E-state index in [-0.39, 0.29) is 11.8 Å². The van der Waals surface area contributed by atoms with Crippen LogP contribution in [0.5, 0.6) is 0 Å². The summed E-state index contributed by atoms with van der Waals surface area (Å²) in [7, 11) is 0. The Morgan fingerprint density at radius 1 is 1.41 bits per heavy atom. The first-order valence-electron chi connectivity index (χ1n) is 7.54. The van der Waals surface area contributed by atoms with Gasteiger partial charge in [0.25, 0.3) is 0 Å². The van der Waals surface area contributed by atoms with Gasteiger partial charge in [-0.25, -0.2) is 0 Å². The molecule has 22 heavy (non-hydrogen) atoms. The van der Waals surface area contributed by atoms with Gasteiger partial charge in [-0.15, -0.1) is 0 Å². The van der Waals surface area contributed by atoms with Gasteiger partial charge in [-0.1, -0.05) is 13.0 Å². The standard InChI is InChI=1S/C16H22N2O3S/c1-12-8-13(16(20)21)10-18(9-12)15(19)5-7-22-11-14-4-2-3-6-17-14/h2-4,6,12-13H,5,7-11H2,1H3,(H,20,21). The summed E-state index contributed by atoms with van der Waals surface area (Å²) in [4.78, 5) is 29.3. The average Bonchev–Trinajstić information content (AvgIpc) is 2.51. The van der Waals surface area contributed by atoms with Gasteiger partial charge in [0.2, 0.25) is 5.91 Å². The summed E-state index contributed by atoms with van der Waals surface area (Å²) in [5, 5.41) is 9.15. The number of carbonyl (C=O) groups is 2. The lowest BCUT2D eigenvalue weighted by Crippen LogP contribution is -2.45. The molecule has 0 radical (unpaired) electrons. The number of carboxylic acids is 1. The summed E-state index contributed by atoms with van der Waals surface area (Å²) in [5.41, 5.74) is 1.01. The topological polar surface area (TPSA) is 70.5 Å². The molecule has 1 amide bonds. The van der Waals surface area contributed by atoms with Crippen LogP contribution in [0, 0.1) is 11.8 Å². The minimum absolute atomic E-state index is 0.0614. The predicted octanol–water partition coefficient (Wildman–Crippen LogP) is 2.27. The molecule has 1 aromatic heterocycles. The Morgan fingerprint density at radius 2 is 2.23 bits per heavy atom. The van der Waals surface area contributed by atoms with E-state index in [9.17, 15) is 9.59 Å². The van der Waals surface area contributed by atoms with Crippen molar-refractivity contribution in [2.24, 2.45) is 11.8 Å². The molecule has 0 aliphatic carbocycles. The van der Waals surface area contributed by atoms with Crippen LogP contribution in [-0.4, -0.2) is 45.7 Å². The highest BCUT2D eigenvalue weighted by molar-refractivity contribution is 7.98. The maximum Gasteiger partial charge on any atom is 0.308 e. The Morgan fingerprint density at radius 3 is 2.91 bits per heavy atom. The number of likely N-dealkylation sites (tertiary alicyclic amines) is 1. The molecule has 1 N–H and O–H groups in total. The smallest absolute Gasteiger partial charge is 0.308 e. The number of thioether (sulfide) groups is 1. The Hall–Kier alpha value is -1.56. The fraction of sp³-hybridized carbons (Fsp3) is 0.562. The lowest BCUT2D eigenvalue weighted by Gasteiger charge is -2.34. The van der Waals surface area contributed by atoms with E-state index in [0.717, 1.165) is 17.2 Å². The molecule has 5 nitrogen and oxygen atoms in total. The summed E-state index contributed by atoms with van der Waals surface area (Å²) in [6.07, 6.45) is 2.88. The molecular weight excluding hydrogens is 300 g/mol. The van der Waals surface area contributed by atoms with Crippen molar-refractivity contribution in [3.05, 3.63) is 30.1 Å². The predicted molar refractivity (Wildman–Crippen MR) is 86.5 cm³/mol. The minimum atomic E-state index is -0.797. The van der Waals surface area contributed by atoms with Gasteiger partial charge in [0.1, 0.15) is 0 Å². The number of amides is 1. The molecule has 2 rings (SSSR count). The van der Waals surface area contributed by atoms with E-state index in [0.29, 0.717) is 25.9 Å². The van der Waals surface area contributed by atoms with Gasteiger partial charge in [0.05, 0.1) is 11.6 Å². The largest absolute Gasteiger partial charge is 0.481 e. The van der Waals surface area contributed by atoms with Crippen molar-refractivity contribution < 1.29 is 14.7 Å². The third-order valence-corrected chi connectivity index (χ3v) is 4.79. The first-order valence-corrected chi connectivity index (χ1v) is 8.70. The van der Waals surface area contributed by atoms with Gasteiger partial charge in [0.15, 0.2) is 0 Å². The average molecular weight is 322 g/mol. The van der Waals surface area contributed by atoms with E-state index in [1.807, 2.05) is 25.1 Å². The van der Waals surface area contributed by atoms with Gasteiger partial charge in [-0.05, 0) is 24.5 Å². The fourth-order valence-electron chi connectivity index (χ4n) is 2.71. The zero-order valence-corrected chi connectivity index (χ0v) is 13.6. The molecule has 0 saturated carbocycles. The summed E-state index contributed by atoms with van der Waals surface area (Å²) < 4.78 is 0. The van der Waals surface area contributed by atoms with Crippen LogP contribution in [0.15, 0.2) is 24.4 Å². The van der Waals surface area contributed by atoms with Crippen molar-refractivity contribution in [1.29, 1.82) is 0 Å². The fourth-order valence-corrected chi connectivity index (χ4v) is 3.56. The monoisotopic (exact) mass is 322 g/mol. The number of hydrogen-bond acceptors (Lipinski definition) is 4. The Kier molecular flexibility index (Phi) is 6.24. The number of nitrogens with zero attached hydrogens (tertiary/aromatic N) is 2. The van der Waals surface area contributed by atoms with Crippen molar-refractivity contribution in [3.63, 3.8) is 0 Å². The molecule has 1 aliphatic heterocycles. The van der Waals surface area contributed by atoms with Crippen LogP contribution in [0.25, 0.3) is 0 Å². The SMILES string of the molecule is CC1CC(C(=O)O)CN(C(=O)CCSCc2ccccn2)C1. The molecule has 2 heterocycles. The highest BCUT2D eigenvalue weighted by Gasteiger charge is 2.31. The number of rotatable bonds is 6. The van der Waals surface area contributed by atoms with Crippen molar-refractivity contribution >= 4 is 23.6 Å². The zero-order chi connectivity index (χ0) is 15.9. The zero-order valence-electron chi connectivity index (χ0n) is 12.8. The van der Waals surface area contributed by atoms with Gasteiger partial charge in [-0.2, -0.15) is 11.8 Å². The Balaban J connectivity index is 1.73. The third-order valence-electron chi connectivity index (χ3n) is 3.80. The van der Waals surface area contributed by atoms with E-state index >= 15 is 0 Å². The van der Waals surface area contributed by atoms with E-state index in [1.54, 1.807) is 22.9 Å². The summed E-state index contributed by atoms with van der Waals surface area (Å²) in [5.74, 6) is 0.620. The first kappa shape index (κ1) is 16.8. The number of aromatic nitrogens is 1. The highest BCUT2D eigenvalue weighted by atomic mass is 32.2. The molecule has 1 fully saturated rings. The summed E-state index contributed by atoms with van der Waals surface area (Å²) in [6.45, 7) is 3.03. The number of aliphatic carboxylic acids is 1. The molecule has 1 aromatic rings. The van der Waals surface area contributed by atoms with E-state index in [1.165, 1.54) is 0 Å². The van der Waals surface area contributed by atoms with Crippen LogP contribution >= 0.6 is 11.8 Å². The van der Waals surface area contributed by atoms with E-state index in [2.05, 4.69) is 4.98 Å². The number of carbonyl (C=O) groups excluding carboxylic acids is 1. The van der Waals surface area contributed by atoms with E-state index < -0.39 is 11.9 Å². The summed E-state index contributed by atoms with van der Waals surface area (Å²) >= 11 is 1.68. The Labute approximate surface area is 135 Å². The van der Waals surface area contributed by atoms with Crippen LogP contribution in [-0.2, 0) is 15.3 Å². The molecule has 6 heteroatoms. The second kappa shape index (κ2) is 8.17. The van der Waals surface area contributed by atoms with Crippen LogP contribution in [0.3, 0.4) is 0 Å². The third kappa shape index (κ3) is 5.02. The number of carboxylic acid groups (broad SMARTS) is 1. The van der Waals surface area contributed by atoms with Crippen LogP contribution in [0.1, 0.15) is 25.5 Å². The molecule has 1 saturated heterocycles. The molecule has 0 spiro atoms. The van der Waals surface area contributed by atoms with Gasteiger partial charge >= 0.3 is 5.97 Å². The number of pyridine rings is 1. The number of piperidine rings is 1. The van der Waals surface area contributed by atoms with Gasteiger partial charge in [0, 0.05) is 37.2 Å². The van der Waals surface area contributed by atoms with Gasteiger partial charge < -0.3 is 10.0 Å². The normalized spacial score (nSPS) is 21.6. The van der Waals surface area contributed by atoms with Crippen molar-refractivity contribution in [2.45, 2.75) is 25.5 Å².